The van der Waals surface area contributed by atoms with Gasteiger partial charge in [0.15, 0.2) is 0 Å². The average Bonchev–Trinajstić information content (AvgIpc) is 2.78. The van der Waals surface area contributed by atoms with Gasteiger partial charge in [-0.2, -0.15) is 0 Å². The van der Waals surface area contributed by atoms with Crippen molar-refractivity contribution in [1.29, 1.82) is 0 Å². The van der Waals surface area contributed by atoms with Crippen LogP contribution in [0.5, 0.6) is 0 Å². The topological polar surface area (TPSA) is 92.4 Å². The van der Waals surface area contributed by atoms with E-state index in [1.54, 1.807) is 0 Å². The SMILES string of the molecule is CCC1C[C@H](C(=O)NCCCCN)[C@H](C(=O)O)C1. The van der Waals surface area contributed by atoms with E-state index in [9.17, 15) is 9.59 Å². The van der Waals surface area contributed by atoms with Crippen molar-refractivity contribution in [2.24, 2.45) is 23.5 Å². The number of carbonyl (C=O) groups excluding carboxylic acids is 1. The minimum Gasteiger partial charge on any atom is -0.481 e. The average molecular weight is 256 g/mol. The lowest BCUT2D eigenvalue weighted by molar-refractivity contribution is -0.146. The summed E-state index contributed by atoms with van der Waals surface area (Å²) >= 11 is 0. The number of nitrogens with one attached hydrogen (secondary N) is 1. The van der Waals surface area contributed by atoms with Crippen LogP contribution in [0.2, 0.25) is 0 Å². The molecular weight excluding hydrogens is 232 g/mol. The molecule has 0 saturated heterocycles. The van der Waals surface area contributed by atoms with Crippen LogP contribution in [-0.2, 0) is 9.59 Å². The van der Waals surface area contributed by atoms with Crippen LogP contribution in [0.4, 0.5) is 0 Å². The van der Waals surface area contributed by atoms with Gasteiger partial charge in [-0.3, -0.25) is 9.59 Å². The van der Waals surface area contributed by atoms with Crippen molar-refractivity contribution in [3.8, 4) is 0 Å². The van der Waals surface area contributed by atoms with E-state index in [-0.39, 0.29) is 11.8 Å². The fourth-order valence-electron chi connectivity index (χ4n) is 2.65. The van der Waals surface area contributed by atoms with E-state index in [1.165, 1.54) is 0 Å². The number of carboxylic acids is 1. The summed E-state index contributed by atoms with van der Waals surface area (Å²) in [5.41, 5.74) is 5.38. The monoisotopic (exact) mass is 256 g/mol. The highest BCUT2D eigenvalue weighted by Crippen LogP contribution is 2.38. The molecule has 104 valence electrons. The van der Waals surface area contributed by atoms with Crippen molar-refractivity contribution in [2.75, 3.05) is 13.1 Å². The molecule has 0 radical (unpaired) electrons. The fraction of sp³-hybridized carbons (Fsp3) is 0.846. The van der Waals surface area contributed by atoms with Gasteiger partial charge in [0.05, 0.1) is 11.8 Å². The van der Waals surface area contributed by atoms with Crippen LogP contribution in [0, 0.1) is 17.8 Å². The zero-order valence-corrected chi connectivity index (χ0v) is 11.0. The molecule has 5 nitrogen and oxygen atoms in total. The molecule has 4 N–H and O–H groups in total. The third kappa shape index (κ3) is 3.98. The van der Waals surface area contributed by atoms with Gasteiger partial charge < -0.3 is 16.2 Å². The number of nitrogens with two attached hydrogens (primary N) is 1. The first-order valence-corrected chi connectivity index (χ1v) is 6.80. The summed E-state index contributed by atoms with van der Waals surface area (Å²) in [5.74, 6) is -1.44. The molecule has 0 aromatic heterocycles. The Morgan fingerprint density at radius 1 is 1.28 bits per heavy atom. The van der Waals surface area contributed by atoms with Crippen LogP contribution in [-0.4, -0.2) is 30.1 Å². The highest BCUT2D eigenvalue weighted by atomic mass is 16.4. The Morgan fingerprint density at radius 2 is 1.94 bits per heavy atom. The molecule has 0 spiro atoms. The molecule has 3 atom stereocenters. The number of hydrogen-bond acceptors (Lipinski definition) is 3. The summed E-state index contributed by atoms with van der Waals surface area (Å²) < 4.78 is 0. The van der Waals surface area contributed by atoms with Crippen molar-refractivity contribution in [1.82, 2.24) is 5.32 Å². The molecule has 0 bridgehead atoms. The zero-order chi connectivity index (χ0) is 13.5. The number of unbranched alkanes of at least 4 members (excludes halogenated alkanes) is 1. The number of aliphatic carboxylic acids is 1. The fourth-order valence-corrected chi connectivity index (χ4v) is 2.65. The van der Waals surface area contributed by atoms with E-state index in [1.807, 2.05) is 6.92 Å². The molecular formula is C13H24N2O3. The predicted octanol–water partition coefficient (Wildman–Crippen LogP) is 0.979. The van der Waals surface area contributed by atoms with Gasteiger partial charge >= 0.3 is 5.97 Å². The Bertz CT molecular complexity index is 294. The van der Waals surface area contributed by atoms with Crippen molar-refractivity contribution < 1.29 is 14.7 Å². The number of carbonyl (C=O) groups is 2. The van der Waals surface area contributed by atoms with Gasteiger partial charge in [-0.15, -0.1) is 0 Å². The predicted molar refractivity (Wildman–Crippen MR) is 68.9 cm³/mol. The van der Waals surface area contributed by atoms with Gasteiger partial charge in [-0.05, 0) is 38.1 Å². The van der Waals surface area contributed by atoms with Crippen molar-refractivity contribution in [2.45, 2.75) is 39.0 Å². The lowest BCUT2D eigenvalue weighted by atomic mass is 9.95. The van der Waals surface area contributed by atoms with Crippen LogP contribution in [0.15, 0.2) is 0 Å². The molecule has 0 heterocycles. The second-order valence-corrected chi connectivity index (χ2v) is 5.08. The van der Waals surface area contributed by atoms with Gasteiger partial charge in [0, 0.05) is 6.54 Å². The molecule has 1 aliphatic rings. The highest BCUT2D eigenvalue weighted by molar-refractivity contribution is 5.85. The van der Waals surface area contributed by atoms with Gasteiger partial charge in [0.1, 0.15) is 0 Å². The minimum absolute atomic E-state index is 0.102. The molecule has 5 heteroatoms. The smallest absolute Gasteiger partial charge is 0.307 e. The maximum Gasteiger partial charge on any atom is 0.307 e. The lowest BCUT2D eigenvalue weighted by Crippen LogP contribution is -2.35. The first-order chi connectivity index (χ1) is 8.60. The second-order valence-electron chi connectivity index (χ2n) is 5.08. The van der Waals surface area contributed by atoms with E-state index in [0.717, 1.165) is 19.3 Å². The molecule has 1 amide bonds. The molecule has 18 heavy (non-hydrogen) atoms. The van der Waals surface area contributed by atoms with E-state index in [4.69, 9.17) is 10.8 Å². The van der Waals surface area contributed by atoms with Crippen molar-refractivity contribution >= 4 is 11.9 Å². The zero-order valence-electron chi connectivity index (χ0n) is 11.0. The van der Waals surface area contributed by atoms with E-state index >= 15 is 0 Å². The van der Waals surface area contributed by atoms with Gasteiger partial charge in [0.2, 0.25) is 5.91 Å². The Morgan fingerprint density at radius 3 is 2.50 bits per heavy atom. The largest absolute Gasteiger partial charge is 0.481 e. The molecule has 0 aliphatic heterocycles. The summed E-state index contributed by atoms with van der Waals surface area (Å²) in [7, 11) is 0. The molecule has 0 aromatic rings. The number of amides is 1. The van der Waals surface area contributed by atoms with Gasteiger partial charge in [-0.25, -0.2) is 0 Å². The van der Waals surface area contributed by atoms with Crippen LogP contribution >= 0.6 is 0 Å². The Hall–Kier alpha value is -1.10. The molecule has 1 unspecified atom stereocenters. The van der Waals surface area contributed by atoms with Crippen LogP contribution < -0.4 is 11.1 Å². The highest BCUT2D eigenvalue weighted by Gasteiger charge is 2.41. The van der Waals surface area contributed by atoms with Gasteiger partial charge in [-0.1, -0.05) is 13.3 Å². The number of rotatable bonds is 7. The Labute approximate surface area is 108 Å². The summed E-state index contributed by atoms with van der Waals surface area (Å²) in [5, 5.41) is 12.0. The Balaban J connectivity index is 2.46. The standard InChI is InChI=1S/C13H24N2O3/c1-2-9-7-10(11(8-9)13(17)18)12(16)15-6-4-3-5-14/h9-11H,2-8,14H2,1H3,(H,15,16)(H,17,18)/t9?,10-,11+/m0/s1. The quantitative estimate of drug-likeness (QED) is 0.592. The van der Waals surface area contributed by atoms with E-state index < -0.39 is 11.9 Å². The Kier molecular flexibility index (Phi) is 6.12. The minimum atomic E-state index is -0.840. The third-order valence-corrected chi connectivity index (χ3v) is 3.82. The van der Waals surface area contributed by atoms with E-state index in [0.29, 0.717) is 31.8 Å². The summed E-state index contributed by atoms with van der Waals surface area (Å²) in [6, 6.07) is 0. The summed E-state index contributed by atoms with van der Waals surface area (Å²) in [6.07, 6.45) is 4.01. The first kappa shape index (κ1) is 15.0. The lowest BCUT2D eigenvalue weighted by Gasteiger charge is -2.15. The molecule has 1 saturated carbocycles. The third-order valence-electron chi connectivity index (χ3n) is 3.82. The summed E-state index contributed by atoms with van der Waals surface area (Å²) in [4.78, 5) is 23.1. The number of carboxylic acid groups (broad SMARTS) is 1. The van der Waals surface area contributed by atoms with Crippen molar-refractivity contribution in [3.63, 3.8) is 0 Å². The molecule has 1 fully saturated rings. The molecule has 0 aromatic carbocycles. The first-order valence-electron chi connectivity index (χ1n) is 6.80. The van der Waals surface area contributed by atoms with Crippen LogP contribution in [0.1, 0.15) is 39.0 Å². The van der Waals surface area contributed by atoms with Gasteiger partial charge in [0.25, 0.3) is 0 Å². The normalized spacial score (nSPS) is 27.1. The number of hydrogen-bond donors (Lipinski definition) is 3. The van der Waals surface area contributed by atoms with Crippen molar-refractivity contribution in [3.05, 3.63) is 0 Å². The second kappa shape index (κ2) is 7.36. The molecule has 1 aliphatic carbocycles. The van der Waals surface area contributed by atoms with E-state index in [2.05, 4.69) is 5.32 Å². The maximum absolute atomic E-state index is 12.0. The maximum atomic E-state index is 12.0. The summed E-state index contributed by atoms with van der Waals surface area (Å²) in [6.45, 7) is 3.26. The van der Waals surface area contributed by atoms with Crippen LogP contribution in [0.3, 0.4) is 0 Å². The molecule has 1 rings (SSSR count). The van der Waals surface area contributed by atoms with Crippen LogP contribution in [0.25, 0.3) is 0 Å².